The average molecular weight is 287 g/mol. The maximum absolute atomic E-state index is 11.6. The minimum absolute atomic E-state index is 0.0956. The van der Waals surface area contributed by atoms with Gasteiger partial charge in [0.05, 0.1) is 30.1 Å². The predicted molar refractivity (Wildman–Crippen MR) is 75.0 cm³/mol. The van der Waals surface area contributed by atoms with E-state index >= 15 is 0 Å². The van der Waals surface area contributed by atoms with Crippen LogP contribution in [0, 0.1) is 0 Å². The number of rotatable bonds is 4. The van der Waals surface area contributed by atoms with Crippen molar-refractivity contribution in [3.8, 4) is 11.6 Å². The highest BCUT2D eigenvalue weighted by molar-refractivity contribution is 5.96. The summed E-state index contributed by atoms with van der Waals surface area (Å²) < 4.78 is 10.1. The first-order valence-electron chi connectivity index (χ1n) is 5.93. The Kier molecular flexibility index (Phi) is 4.03. The lowest BCUT2D eigenvalue weighted by atomic mass is 10.2. The molecule has 0 aliphatic heterocycles. The summed E-state index contributed by atoms with van der Waals surface area (Å²) in [4.78, 5) is 26.8. The van der Waals surface area contributed by atoms with E-state index in [4.69, 9.17) is 16.2 Å². The topological polar surface area (TPSA) is 118 Å². The number of nitrogens with zero attached hydrogens (tertiary/aromatic N) is 1. The zero-order valence-electron chi connectivity index (χ0n) is 11.2. The van der Waals surface area contributed by atoms with Gasteiger partial charge in [0.1, 0.15) is 5.75 Å². The first-order valence-corrected chi connectivity index (χ1v) is 5.93. The van der Waals surface area contributed by atoms with Crippen molar-refractivity contribution in [3.05, 3.63) is 47.7 Å². The molecule has 2 aromatic rings. The van der Waals surface area contributed by atoms with Crippen LogP contribution in [0.4, 0.5) is 5.69 Å². The fraction of sp³-hybridized carbons (Fsp3) is 0.0714. The van der Waals surface area contributed by atoms with Gasteiger partial charge in [-0.1, -0.05) is 12.1 Å². The number of nitrogen functional groups attached to an aromatic ring is 1. The summed E-state index contributed by atoms with van der Waals surface area (Å²) in [7, 11) is 1.24. The van der Waals surface area contributed by atoms with Gasteiger partial charge in [0.15, 0.2) is 0 Å². The van der Waals surface area contributed by atoms with Gasteiger partial charge in [0.2, 0.25) is 5.88 Å². The molecule has 108 valence electrons. The minimum atomic E-state index is -0.630. The lowest BCUT2D eigenvalue weighted by molar-refractivity contribution is 0.0601. The second kappa shape index (κ2) is 5.91. The van der Waals surface area contributed by atoms with Crippen LogP contribution in [0.5, 0.6) is 11.6 Å². The average Bonchev–Trinajstić information content (AvgIpc) is 2.48. The quantitative estimate of drug-likeness (QED) is 0.819. The summed E-state index contributed by atoms with van der Waals surface area (Å²) in [5.41, 5.74) is 11.4. The van der Waals surface area contributed by atoms with Gasteiger partial charge in [-0.25, -0.2) is 9.78 Å². The van der Waals surface area contributed by atoms with Crippen molar-refractivity contribution in [2.75, 3.05) is 12.8 Å². The van der Waals surface area contributed by atoms with E-state index in [0.717, 1.165) is 0 Å². The fourth-order valence-electron chi connectivity index (χ4n) is 1.66. The Bertz CT molecular complexity index is 700. The number of aromatic nitrogens is 1. The number of para-hydroxylation sites is 1. The number of primary amides is 1. The van der Waals surface area contributed by atoms with E-state index in [1.54, 1.807) is 18.2 Å². The van der Waals surface area contributed by atoms with Gasteiger partial charge >= 0.3 is 5.97 Å². The molecule has 7 heteroatoms. The highest BCUT2D eigenvalue weighted by Crippen LogP contribution is 2.25. The summed E-state index contributed by atoms with van der Waals surface area (Å²) in [5.74, 6) is -0.909. The number of amides is 1. The monoisotopic (exact) mass is 287 g/mol. The molecule has 0 radical (unpaired) electrons. The van der Waals surface area contributed by atoms with Crippen molar-refractivity contribution in [3.63, 3.8) is 0 Å². The summed E-state index contributed by atoms with van der Waals surface area (Å²) >= 11 is 0. The number of ether oxygens (including phenoxy) is 2. The van der Waals surface area contributed by atoms with E-state index in [2.05, 4.69) is 9.72 Å². The first-order chi connectivity index (χ1) is 10.0. The second-order valence-corrected chi connectivity index (χ2v) is 4.06. The van der Waals surface area contributed by atoms with Crippen LogP contribution in [0.15, 0.2) is 36.5 Å². The van der Waals surface area contributed by atoms with Gasteiger partial charge in [-0.2, -0.15) is 0 Å². The second-order valence-electron chi connectivity index (χ2n) is 4.06. The van der Waals surface area contributed by atoms with Gasteiger partial charge in [-0.15, -0.1) is 0 Å². The Morgan fingerprint density at radius 2 is 1.90 bits per heavy atom. The lowest BCUT2D eigenvalue weighted by Gasteiger charge is -2.10. The van der Waals surface area contributed by atoms with Crippen molar-refractivity contribution < 1.29 is 19.1 Å². The molecule has 1 aromatic heterocycles. The Balaban J connectivity index is 2.37. The van der Waals surface area contributed by atoms with Gasteiger partial charge in [-0.3, -0.25) is 4.79 Å². The van der Waals surface area contributed by atoms with Crippen LogP contribution in [0.1, 0.15) is 20.7 Å². The van der Waals surface area contributed by atoms with Crippen LogP contribution >= 0.6 is 0 Å². The number of carbonyl (C=O) groups excluding carboxylic acids is 2. The van der Waals surface area contributed by atoms with Crippen LogP contribution in [0.3, 0.4) is 0 Å². The van der Waals surface area contributed by atoms with Gasteiger partial charge in [0, 0.05) is 6.07 Å². The van der Waals surface area contributed by atoms with Crippen LogP contribution in [-0.4, -0.2) is 24.0 Å². The van der Waals surface area contributed by atoms with E-state index in [0.29, 0.717) is 0 Å². The third-order valence-corrected chi connectivity index (χ3v) is 2.68. The van der Waals surface area contributed by atoms with E-state index in [1.807, 2.05) is 0 Å². The van der Waals surface area contributed by atoms with Crippen LogP contribution in [-0.2, 0) is 4.74 Å². The first kappa shape index (κ1) is 14.3. The molecule has 1 amide bonds. The normalized spacial score (nSPS) is 9.95. The van der Waals surface area contributed by atoms with Crippen molar-refractivity contribution in [2.24, 2.45) is 5.73 Å². The molecule has 0 saturated heterocycles. The smallest absolute Gasteiger partial charge is 0.340 e. The third kappa shape index (κ3) is 3.08. The van der Waals surface area contributed by atoms with Crippen molar-refractivity contribution >= 4 is 17.6 Å². The molecular weight excluding hydrogens is 274 g/mol. The number of pyridine rings is 1. The maximum atomic E-state index is 11.6. The molecule has 0 spiro atoms. The van der Waals surface area contributed by atoms with Gasteiger partial charge in [-0.05, 0) is 12.1 Å². The summed E-state index contributed by atoms with van der Waals surface area (Å²) in [6.07, 6.45) is 1.27. The number of esters is 1. The van der Waals surface area contributed by atoms with E-state index in [1.165, 1.54) is 25.4 Å². The van der Waals surface area contributed by atoms with Crippen LogP contribution < -0.4 is 16.2 Å². The Morgan fingerprint density at radius 1 is 1.19 bits per heavy atom. The zero-order valence-corrected chi connectivity index (χ0v) is 11.2. The Hall–Kier alpha value is -3.09. The Morgan fingerprint density at radius 3 is 2.57 bits per heavy atom. The van der Waals surface area contributed by atoms with E-state index in [-0.39, 0.29) is 28.4 Å². The number of hydrogen-bond acceptors (Lipinski definition) is 6. The molecule has 0 saturated carbocycles. The molecule has 7 nitrogen and oxygen atoms in total. The molecule has 4 N–H and O–H groups in total. The number of nitrogens with two attached hydrogens (primary N) is 2. The molecule has 1 heterocycles. The molecule has 0 atom stereocenters. The van der Waals surface area contributed by atoms with Gasteiger partial charge < -0.3 is 20.9 Å². The number of hydrogen-bond donors (Lipinski definition) is 2. The molecular formula is C14H13N3O4. The summed E-state index contributed by atoms with van der Waals surface area (Å²) in [6, 6.07) is 7.76. The molecule has 1 aromatic carbocycles. The number of methoxy groups -OCH3 is 1. The Labute approximate surface area is 120 Å². The number of carbonyl (C=O) groups is 2. The molecule has 2 rings (SSSR count). The summed E-state index contributed by atoms with van der Waals surface area (Å²) in [5, 5.41) is 0. The zero-order chi connectivity index (χ0) is 15.4. The standard InChI is InChI=1S/C14H13N3O4/c1-20-14(19)9-6-12(17-7-10(9)15)21-11-5-3-2-4-8(11)13(16)18/h2-7H,15H2,1H3,(H2,16,18). The number of anilines is 1. The summed E-state index contributed by atoms with van der Waals surface area (Å²) in [6.45, 7) is 0. The molecule has 0 aliphatic rings. The molecule has 21 heavy (non-hydrogen) atoms. The van der Waals surface area contributed by atoms with E-state index in [9.17, 15) is 9.59 Å². The van der Waals surface area contributed by atoms with Crippen LogP contribution in [0.25, 0.3) is 0 Å². The van der Waals surface area contributed by atoms with Crippen LogP contribution in [0.2, 0.25) is 0 Å². The highest BCUT2D eigenvalue weighted by Gasteiger charge is 2.14. The van der Waals surface area contributed by atoms with E-state index < -0.39 is 11.9 Å². The van der Waals surface area contributed by atoms with Crippen molar-refractivity contribution in [1.29, 1.82) is 0 Å². The molecule has 0 aliphatic carbocycles. The molecule has 0 unspecified atom stereocenters. The van der Waals surface area contributed by atoms with Crippen molar-refractivity contribution in [2.45, 2.75) is 0 Å². The molecule has 0 bridgehead atoms. The maximum Gasteiger partial charge on any atom is 0.340 e. The lowest BCUT2D eigenvalue weighted by Crippen LogP contribution is -2.12. The minimum Gasteiger partial charge on any atom is -0.465 e. The SMILES string of the molecule is COC(=O)c1cc(Oc2ccccc2C(N)=O)ncc1N. The molecule has 0 fully saturated rings. The van der Waals surface area contributed by atoms with Crippen molar-refractivity contribution in [1.82, 2.24) is 4.98 Å². The largest absolute Gasteiger partial charge is 0.465 e. The van der Waals surface area contributed by atoms with Gasteiger partial charge in [0.25, 0.3) is 5.91 Å². The highest BCUT2D eigenvalue weighted by atomic mass is 16.5. The number of benzene rings is 1. The fourth-order valence-corrected chi connectivity index (χ4v) is 1.66. The third-order valence-electron chi connectivity index (χ3n) is 2.68. The predicted octanol–water partition coefficient (Wildman–Crippen LogP) is 1.34.